The molecule has 1 atom stereocenters. The highest BCUT2D eigenvalue weighted by molar-refractivity contribution is 5.80. The number of hydrazine groups is 1. The molecule has 0 spiro atoms. The Kier molecular flexibility index (Phi) is 2.91. The van der Waals surface area contributed by atoms with Gasteiger partial charge < -0.3 is 13.8 Å². The van der Waals surface area contributed by atoms with Gasteiger partial charge in [0.1, 0.15) is 18.8 Å². The molecule has 3 aromatic rings. The number of furan rings is 1. The summed E-state index contributed by atoms with van der Waals surface area (Å²) in [7, 11) is 0. The molecule has 3 aliphatic heterocycles. The summed E-state index contributed by atoms with van der Waals surface area (Å²) in [6.07, 6.45) is 2.70. The maximum Gasteiger partial charge on any atom is 0.349 e. The molecule has 3 aliphatic rings. The van der Waals surface area contributed by atoms with E-state index in [9.17, 15) is 4.48 Å². The maximum absolute atomic E-state index is 14.1. The quantitative estimate of drug-likeness (QED) is 0.629. The Morgan fingerprint density at radius 2 is 2.07 bits per heavy atom. The van der Waals surface area contributed by atoms with Crippen LogP contribution in [0.5, 0.6) is 0 Å². The van der Waals surface area contributed by atoms with Crippen molar-refractivity contribution in [3.8, 4) is 11.6 Å². The van der Waals surface area contributed by atoms with Gasteiger partial charge in [0.15, 0.2) is 17.7 Å². The van der Waals surface area contributed by atoms with Crippen molar-refractivity contribution in [3.05, 3.63) is 59.7 Å². The van der Waals surface area contributed by atoms with E-state index >= 15 is 0 Å². The smallest absolute Gasteiger partial charge is 0.349 e. The van der Waals surface area contributed by atoms with E-state index in [0.717, 1.165) is 17.0 Å². The molecule has 9 nitrogen and oxygen atoms in total. The lowest BCUT2D eigenvalue weighted by Crippen LogP contribution is -2.46. The molecule has 1 aromatic carbocycles. The minimum atomic E-state index is -0.341. The fourth-order valence-electron chi connectivity index (χ4n) is 3.69. The third-order valence-corrected chi connectivity index (χ3v) is 4.90. The van der Waals surface area contributed by atoms with E-state index < -0.39 is 0 Å². The molecule has 6 rings (SSSR count). The van der Waals surface area contributed by atoms with Gasteiger partial charge >= 0.3 is 6.01 Å². The minimum absolute atomic E-state index is 0.101. The third kappa shape index (κ3) is 2.02. The highest BCUT2D eigenvalue weighted by atomic mass is 19.2. The zero-order valence-corrected chi connectivity index (χ0v) is 14.7. The standard InChI is InChI=1S/C18H14FN7O2/c1-11-6-7-14(27-11)16-21-18(28-22-16)25-9-20-17-12-4-2-3-5-13(12)24-10-23(19)8-15(24)26(17)25/h2-9,17H,10H2,1H3. The Morgan fingerprint density at radius 3 is 2.93 bits per heavy atom. The number of fused-ring (bicyclic) bond motifs is 6. The molecule has 0 saturated heterocycles. The van der Waals surface area contributed by atoms with Crippen LogP contribution >= 0.6 is 0 Å². The van der Waals surface area contributed by atoms with Gasteiger partial charge in [0.25, 0.3) is 0 Å². The second-order valence-corrected chi connectivity index (χ2v) is 6.65. The normalized spacial score (nSPS) is 19.8. The first kappa shape index (κ1) is 15.3. The van der Waals surface area contributed by atoms with E-state index in [-0.39, 0.29) is 18.8 Å². The molecule has 0 bridgehead atoms. The second kappa shape index (κ2) is 5.35. The molecule has 0 radical (unpaired) electrons. The van der Waals surface area contributed by atoms with Crippen LogP contribution in [0.4, 0.5) is 16.2 Å². The summed E-state index contributed by atoms with van der Waals surface area (Å²) >= 11 is 0. The zero-order chi connectivity index (χ0) is 18.8. The van der Waals surface area contributed by atoms with Crippen LogP contribution in [0.3, 0.4) is 0 Å². The van der Waals surface area contributed by atoms with Crippen molar-refractivity contribution < 1.29 is 13.4 Å². The molecule has 28 heavy (non-hydrogen) atoms. The van der Waals surface area contributed by atoms with Crippen LogP contribution in [-0.2, 0) is 0 Å². The predicted molar refractivity (Wildman–Crippen MR) is 97.1 cm³/mol. The van der Waals surface area contributed by atoms with Crippen molar-refractivity contribution in [3.63, 3.8) is 0 Å². The summed E-state index contributed by atoms with van der Waals surface area (Å²) in [4.78, 5) is 10.9. The van der Waals surface area contributed by atoms with Gasteiger partial charge in [-0.15, -0.1) is 0 Å². The first-order valence-electron chi connectivity index (χ1n) is 8.72. The molecular weight excluding hydrogens is 365 g/mol. The Balaban J connectivity index is 1.42. The van der Waals surface area contributed by atoms with Crippen LogP contribution in [0.25, 0.3) is 11.6 Å². The number of anilines is 2. The summed E-state index contributed by atoms with van der Waals surface area (Å²) in [6.45, 7) is 1.95. The lowest BCUT2D eigenvalue weighted by molar-refractivity contribution is 0.104. The highest BCUT2D eigenvalue weighted by Crippen LogP contribution is 2.46. The van der Waals surface area contributed by atoms with E-state index in [0.29, 0.717) is 22.5 Å². The number of halogens is 1. The molecule has 0 N–H and O–H groups in total. The molecule has 10 heteroatoms. The molecule has 2 aromatic heterocycles. The Hall–Kier alpha value is -3.82. The molecule has 0 amide bonds. The van der Waals surface area contributed by atoms with Gasteiger partial charge in [0, 0.05) is 5.56 Å². The average Bonchev–Trinajstić information content (AvgIpc) is 3.46. The lowest BCUT2D eigenvalue weighted by atomic mass is 10.1. The molecular formula is C18H14FN7O2. The summed E-state index contributed by atoms with van der Waals surface area (Å²) in [5.74, 6) is 2.24. The SMILES string of the molecule is Cc1ccc(-c2noc(N3C=NC4c5ccccc5N5CN(F)C=C5N43)n2)o1. The number of hydrogen-bond donors (Lipinski definition) is 0. The van der Waals surface area contributed by atoms with Crippen LogP contribution < -0.4 is 9.91 Å². The second-order valence-electron chi connectivity index (χ2n) is 6.65. The van der Waals surface area contributed by atoms with E-state index in [1.165, 1.54) is 6.20 Å². The molecule has 1 unspecified atom stereocenters. The molecule has 0 aliphatic carbocycles. The zero-order valence-electron chi connectivity index (χ0n) is 14.7. The number of benzene rings is 1. The molecule has 140 valence electrons. The largest absolute Gasteiger partial charge is 0.458 e. The van der Waals surface area contributed by atoms with Crippen molar-refractivity contribution in [2.24, 2.45) is 4.99 Å². The van der Waals surface area contributed by atoms with E-state index in [2.05, 4.69) is 15.1 Å². The number of aliphatic imine (C=N–C) groups is 1. The van der Waals surface area contributed by atoms with Gasteiger partial charge in [0.2, 0.25) is 5.82 Å². The van der Waals surface area contributed by atoms with E-state index in [1.807, 2.05) is 47.2 Å². The van der Waals surface area contributed by atoms with Gasteiger partial charge in [-0.3, -0.25) is 0 Å². The van der Waals surface area contributed by atoms with Crippen LogP contribution in [0.1, 0.15) is 17.5 Å². The summed E-state index contributed by atoms with van der Waals surface area (Å²) in [5, 5.41) is 8.09. The monoisotopic (exact) mass is 379 g/mol. The Bertz CT molecular complexity index is 1140. The van der Waals surface area contributed by atoms with Gasteiger partial charge in [-0.2, -0.15) is 15.1 Å². The fraction of sp³-hybridized carbons (Fsp3) is 0.167. The van der Waals surface area contributed by atoms with E-state index in [1.54, 1.807) is 17.4 Å². The van der Waals surface area contributed by atoms with Gasteiger partial charge in [0.05, 0.1) is 11.9 Å². The molecule has 0 fully saturated rings. The van der Waals surface area contributed by atoms with Crippen molar-refractivity contribution in [1.29, 1.82) is 0 Å². The van der Waals surface area contributed by atoms with Gasteiger partial charge in [-0.25, -0.2) is 10.0 Å². The molecule has 0 saturated carbocycles. The van der Waals surface area contributed by atoms with Crippen molar-refractivity contribution >= 4 is 18.0 Å². The predicted octanol–water partition coefficient (Wildman–Crippen LogP) is 3.18. The average molecular weight is 379 g/mol. The van der Waals surface area contributed by atoms with Gasteiger partial charge in [-0.1, -0.05) is 27.8 Å². The first-order chi connectivity index (χ1) is 13.7. The maximum atomic E-state index is 14.1. The lowest BCUT2D eigenvalue weighted by Gasteiger charge is -2.41. The number of aryl methyl sites for hydroxylation is 1. The molecule has 5 heterocycles. The van der Waals surface area contributed by atoms with Crippen molar-refractivity contribution in [1.82, 2.24) is 20.3 Å². The van der Waals surface area contributed by atoms with Crippen LogP contribution in [0, 0.1) is 6.92 Å². The highest BCUT2D eigenvalue weighted by Gasteiger charge is 2.45. The topological polar surface area (TPSA) is 77.4 Å². The van der Waals surface area contributed by atoms with Gasteiger partial charge in [-0.05, 0) is 25.1 Å². The number of nitrogens with zero attached hydrogens (tertiary/aromatic N) is 7. The number of rotatable bonds is 2. The Labute approximate surface area is 158 Å². The summed E-state index contributed by atoms with van der Waals surface area (Å²) < 4.78 is 25.1. The number of para-hydroxylation sites is 1. The first-order valence-corrected chi connectivity index (χ1v) is 8.72. The minimum Gasteiger partial charge on any atom is -0.458 e. The van der Waals surface area contributed by atoms with Crippen molar-refractivity contribution in [2.75, 3.05) is 16.6 Å². The summed E-state index contributed by atoms with van der Waals surface area (Å²) in [6, 6.07) is 11.6. The van der Waals surface area contributed by atoms with Crippen molar-refractivity contribution in [2.45, 2.75) is 13.1 Å². The number of hydrogen-bond acceptors (Lipinski definition) is 9. The van der Waals surface area contributed by atoms with E-state index in [4.69, 9.17) is 8.94 Å². The number of aromatic nitrogens is 2. The Morgan fingerprint density at radius 1 is 1.18 bits per heavy atom. The van der Waals surface area contributed by atoms with Crippen LogP contribution in [0.2, 0.25) is 0 Å². The fourth-order valence-corrected chi connectivity index (χ4v) is 3.69. The third-order valence-electron chi connectivity index (χ3n) is 4.90. The summed E-state index contributed by atoms with van der Waals surface area (Å²) in [5.41, 5.74) is 1.89. The van der Waals surface area contributed by atoms with Crippen LogP contribution in [0.15, 0.2) is 62.4 Å². The van der Waals surface area contributed by atoms with Crippen LogP contribution in [-0.4, -0.2) is 33.3 Å².